The number of nitrogens with two attached hydrogens (primary N) is 1. The third-order valence-corrected chi connectivity index (χ3v) is 3.53. The Kier molecular flexibility index (Phi) is 4.16. The second kappa shape index (κ2) is 4.94. The minimum Gasteiger partial charge on any atom is -0.327 e. The maximum atomic E-state index is 5.65. The first kappa shape index (κ1) is 11.0. The van der Waals surface area contributed by atoms with E-state index >= 15 is 0 Å². The van der Waals surface area contributed by atoms with Crippen molar-refractivity contribution in [1.82, 2.24) is 0 Å². The van der Waals surface area contributed by atoms with Crippen LogP contribution >= 0.6 is 27.3 Å². The fraction of sp³-hybridized carbons (Fsp3) is 0.400. The summed E-state index contributed by atoms with van der Waals surface area (Å²) in [4.78, 5) is 1.26. The molecular formula is C10H14BrNS. The molecule has 0 fully saturated rings. The van der Waals surface area contributed by atoms with Crippen molar-refractivity contribution in [3.05, 3.63) is 26.4 Å². The molecule has 0 aliphatic heterocycles. The number of thiophene rings is 1. The molecule has 0 aromatic carbocycles. The molecule has 0 aliphatic rings. The molecule has 1 nitrogen and oxygen atoms in total. The zero-order chi connectivity index (χ0) is 9.84. The van der Waals surface area contributed by atoms with Crippen molar-refractivity contribution in [1.29, 1.82) is 0 Å². The van der Waals surface area contributed by atoms with E-state index in [1.54, 1.807) is 11.3 Å². The standard InChI is InChI=1S/C10H14BrNS/c1-7(2)8(5-12)3-10-4-9(11)6-13-10/h3-4,6-7H,5,12H2,1-2H3/b8-3-. The second-order valence-corrected chi connectivity index (χ2v) is 5.10. The van der Waals surface area contributed by atoms with Crippen LogP contribution in [0.25, 0.3) is 6.08 Å². The van der Waals surface area contributed by atoms with Crippen molar-refractivity contribution >= 4 is 33.3 Å². The highest BCUT2D eigenvalue weighted by Crippen LogP contribution is 2.23. The van der Waals surface area contributed by atoms with Crippen LogP contribution in [0, 0.1) is 5.92 Å². The van der Waals surface area contributed by atoms with E-state index < -0.39 is 0 Å². The van der Waals surface area contributed by atoms with Crippen molar-refractivity contribution in [3.63, 3.8) is 0 Å². The maximum Gasteiger partial charge on any atom is 0.0288 e. The first-order valence-corrected chi connectivity index (χ1v) is 5.95. The summed E-state index contributed by atoms with van der Waals surface area (Å²) in [6.07, 6.45) is 2.18. The average Bonchev–Trinajstić information content (AvgIpc) is 2.46. The molecule has 72 valence electrons. The molecule has 1 heterocycles. The quantitative estimate of drug-likeness (QED) is 0.884. The van der Waals surface area contributed by atoms with Crippen molar-refractivity contribution in [2.45, 2.75) is 13.8 Å². The summed E-state index contributed by atoms with van der Waals surface area (Å²) in [6.45, 7) is 4.98. The maximum absolute atomic E-state index is 5.65. The Morgan fingerprint density at radius 3 is 2.77 bits per heavy atom. The Morgan fingerprint density at radius 2 is 2.38 bits per heavy atom. The first-order chi connectivity index (χ1) is 6.13. The molecular weight excluding hydrogens is 246 g/mol. The molecule has 13 heavy (non-hydrogen) atoms. The van der Waals surface area contributed by atoms with Crippen molar-refractivity contribution in [2.75, 3.05) is 6.54 Å². The van der Waals surface area contributed by atoms with Crippen molar-refractivity contribution in [2.24, 2.45) is 11.7 Å². The lowest BCUT2D eigenvalue weighted by Gasteiger charge is -2.07. The van der Waals surface area contributed by atoms with Crippen LogP contribution in [0.1, 0.15) is 18.7 Å². The average molecular weight is 260 g/mol. The summed E-state index contributed by atoms with van der Waals surface area (Å²) in [5.74, 6) is 0.533. The van der Waals surface area contributed by atoms with Gasteiger partial charge in [0.2, 0.25) is 0 Å². The minimum atomic E-state index is 0.533. The van der Waals surface area contributed by atoms with Crippen LogP contribution in [0.15, 0.2) is 21.5 Å². The Hall–Kier alpha value is -0.120. The normalized spacial score (nSPS) is 12.5. The molecule has 0 unspecified atom stereocenters. The van der Waals surface area contributed by atoms with Crippen LogP contribution in [0.4, 0.5) is 0 Å². The van der Waals surface area contributed by atoms with E-state index in [0.29, 0.717) is 12.5 Å². The summed E-state index contributed by atoms with van der Waals surface area (Å²) in [5, 5.41) is 2.08. The van der Waals surface area contributed by atoms with Gasteiger partial charge in [0.25, 0.3) is 0 Å². The van der Waals surface area contributed by atoms with Crippen molar-refractivity contribution in [3.8, 4) is 0 Å². The summed E-state index contributed by atoms with van der Waals surface area (Å²) in [6, 6.07) is 2.11. The van der Waals surface area contributed by atoms with Gasteiger partial charge in [-0.2, -0.15) is 0 Å². The summed E-state index contributed by atoms with van der Waals surface area (Å²) in [7, 11) is 0. The van der Waals surface area contributed by atoms with Gasteiger partial charge in [-0.3, -0.25) is 0 Å². The van der Waals surface area contributed by atoms with Gasteiger partial charge in [0.15, 0.2) is 0 Å². The zero-order valence-electron chi connectivity index (χ0n) is 7.88. The predicted molar refractivity (Wildman–Crippen MR) is 63.9 cm³/mol. The summed E-state index contributed by atoms with van der Waals surface area (Å²) in [5.41, 5.74) is 6.95. The third kappa shape index (κ3) is 3.25. The lowest BCUT2D eigenvalue weighted by atomic mass is 10.0. The Balaban J connectivity index is 2.84. The molecule has 0 saturated carbocycles. The first-order valence-electron chi connectivity index (χ1n) is 4.28. The van der Waals surface area contributed by atoms with Gasteiger partial charge in [0.1, 0.15) is 0 Å². The van der Waals surface area contributed by atoms with Gasteiger partial charge in [-0.05, 0) is 34.0 Å². The van der Waals surface area contributed by atoms with Crippen molar-refractivity contribution < 1.29 is 0 Å². The Bertz CT molecular complexity index is 302. The number of hydrogen-bond donors (Lipinski definition) is 1. The molecule has 0 spiro atoms. The van der Waals surface area contributed by atoms with Crippen LogP contribution in [-0.2, 0) is 0 Å². The molecule has 0 aliphatic carbocycles. The second-order valence-electron chi connectivity index (χ2n) is 3.25. The van der Waals surface area contributed by atoms with Gasteiger partial charge in [0.05, 0.1) is 0 Å². The number of rotatable bonds is 3. The molecule has 3 heteroatoms. The van der Waals surface area contributed by atoms with Crippen LogP contribution in [0.5, 0.6) is 0 Å². The Morgan fingerprint density at radius 1 is 1.69 bits per heavy atom. The number of hydrogen-bond acceptors (Lipinski definition) is 2. The van der Waals surface area contributed by atoms with E-state index in [9.17, 15) is 0 Å². The molecule has 0 atom stereocenters. The predicted octanol–water partition coefficient (Wildman–Crippen LogP) is 3.51. The summed E-state index contributed by atoms with van der Waals surface area (Å²) >= 11 is 5.16. The lowest BCUT2D eigenvalue weighted by Crippen LogP contribution is -2.07. The molecule has 0 amide bonds. The zero-order valence-corrected chi connectivity index (χ0v) is 10.3. The molecule has 2 N–H and O–H groups in total. The van der Waals surface area contributed by atoms with E-state index in [2.05, 4.69) is 47.3 Å². The Labute approximate surface area is 91.8 Å². The number of halogens is 1. The van der Waals surface area contributed by atoms with Crippen LogP contribution in [0.2, 0.25) is 0 Å². The van der Waals surface area contributed by atoms with Gasteiger partial charge >= 0.3 is 0 Å². The molecule has 1 rings (SSSR count). The van der Waals surface area contributed by atoms with Crippen LogP contribution in [-0.4, -0.2) is 6.54 Å². The van der Waals surface area contributed by atoms with Gasteiger partial charge in [-0.25, -0.2) is 0 Å². The highest BCUT2D eigenvalue weighted by Gasteiger charge is 2.01. The topological polar surface area (TPSA) is 26.0 Å². The SMILES string of the molecule is CC(C)/C(=C\c1cc(Br)cs1)CN. The smallest absolute Gasteiger partial charge is 0.0288 e. The molecule has 0 saturated heterocycles. The van der Waals surface area contributed by atoms with Crippen LogP contribution < -0.4 is 5.73 Å². The monoisotopic (exact) mass is 259 g/mol. The van der Waals surface area contributed by atoms with E-state index in [0.717, 1.165) is 4.47 Å². The lowest BCUT2D eigenvalue weighted by molar-refractivity contribution is 0.753. The molecule has 1 aromatic rings. The van der Waals surface area contributed by atoms with Crippen LogP contribution in [0.3, 0.4) is 0 Å². The molecule has 0 bridgehead atoms. The van der Waals surface area contributed by atoms with Gasteiger partial charge in [-0.1, -0.05) is 19.4 Å². The van der Waals surface area contributed by atoms with E-state index in [4.69, 9.17) is 5.73 Å². The fourth-order valence-corrected chi connectivity index (χ4v) is 2.46. The van der Waals surface area contributed by atoms with Gasteiger partial charge in [0, 0.05) is 21.3 Å². The van der Waals surface area contributed by atoms with Gasteiger partial charge in [-0.15, -0.1) is 11.3 Å². The largest absolute Gasteiger partial charge is 0.327 e. The highest BCUT2D eigenvalue weighted by atomic mass is 79.9. The van der Waals surface area contributed by atoms with E-state index in [1.807, 2.05) is 0 Å². The molecule has 1 aromatic heterocycles. The summed E-state index contributed by atoms with van der Waals surface area (Å²) < 4.78 is 1.14. The minimum absolute atomic E-state index is 0.533. The van der Waals surface area contributed by atoms with Gasteiger partial charge < -0.3 is 5.73 Å². The third-order valence-electron chi connectivity index (χ3n) is 1.89. The molecule has 0 radical (unpaired) electrons. The van der Waals surface area contributed by atoms with E-state index in [-0.39, 0.29) is 0 Å². The van der Waals surface area contributed by atoms with E-state index in [1.165, 1.54) is 10.5 Å². The fourth-order valence-electron chi connectivity index (χ4n) is 1.05. The highest BCUT2D eigenvalue weighted by molar-refractivity contribution is 9.10.